The molecular formula is C12H16O4. The van der Waals surface area contributed by atoms with Crippen LogP contribution in [0.25, 0.3) is 0 Å². The number of hydrogen-bond donors (Lipinski definition) is 0. The smallest absolute Gasteiger partial charge is 0.308 e. The number of esters is 2. The lowest BCUT2D eigenvalue weighted by molar-refractivity contribution is -0.152. The third-order valence-corrected chi connectivity index (χ3v) is 2.41. The highest BCUT2D eigenvalue weighted by atomic mass is 16.6. The number of ether oxygens (including phenoxy) is 2. The second-order valence-corrected chi connectivity index (χ2v) is 3.75. The van der Waals surface area contributed by atoms with E-state index in [4.69, 9.17) is 9.47 Å². The number of hydrogen-bond acceptors (Lipinski definition) is 4. The molecular weight excluding hydrogens is 208 g/mol. The van der Waals surface area contributed by atoms with Gasteiger partial charge in [0, 0.05) is 20.3 Å². The Morgan fingerprint density at radius 3 is 2.44 bits per heavy atom. The molecule has 1 rings (SSSR count). The Morgan fingerprint density at radius 2 is 2.06 bits per heavy atom. The molecule has 0 radical (unpaired) electrons. The monoisotopic (exact) mass is 224 g/mol. The van der Waals surface area contributed by atoms with Gasteiger partial charge in [0.2, 0.25) is 0 Å². The molecule has 1 aliphatic rings. The molecule has 16 heavy (non-hydrogen) atoms. The molecule has 1 unspecified atom stereocenters. The third kappa shape index (κ3) is 3.22. The van der Waals surface area contributed by atoms with Crippen LogP contribution in [0.2, 0.25) is 0 Å². The molecule has 0 N–H and O–H groups in total. The van der Waals surface area contributed by atoms with Gasteiger partial charge < -0.3 is 9.47 Å². The quantitative estimate of drug-likeness (QED) is 0.689. The summed E-state index contributed by atoms with van der Waals surface area (Å²) in [6.45, 7) is 4.68. The lowest BCUT2D eigenvalue weighted by Crippen LogP contribution is -2.32. The molecule has 0 saturated carbocycles. The third-order valence-electron chi connectivity index (χ3n) is 2.41. The van der Waals surface area contributed by atoms with Gasteiger partial charge in [-0.2, -0.15) is 0 Å². The van der Waals surface area contributed by atoms with Crippen LogP contribution in [0.1, 0.15) is 33.6 Å². The van der Waals surface area contributed by atoms with Gasteiger partial charge in [-0.15, -0.1) is 0 Å². The van der Waals surface area contributed by atoms with Crippen molar-refractivity contribution in [2.75, 3.05) is 0 Å². The van der Waals surface area contributed by atoms with Crippen molar-refractivity contribution in [2.24, 2.45) is 0 Å². The Labute approximate surface area is 94.9 Å². The fourth-order valence-corrected chi connectivity index (χ4v) is 1.58. The fraction of sp³-hybridized carbons (Fsp3) is 0.500. The zero-order chi connectivity index (χ0) is 12.2. The first-order chi connectivity index (χ1) is 7.47. The molecule has 0 spiro atoms. The van der Waals surface area contributed by atoms with Crippen molar-refractivity contribution >= 4 is 11.9 Å². The lowest BCUT2D eigenvalue weighted by atomic mass is 9.91. The highest BCUT2D eigenvalue weighted by Crippen LogP contribution is 2.28. The number of rotatable bonds is 3. The molecule has 0 heterocycles. The Hall–Kier alpha value is -1.58. The molecule has 1 atom stereocenters. The Morgan fingerprint density at radius 1 is 1.38 bits per heavy atom. The lowest BCUT2D eigenvalue weighted by Gasteiger charge is -2.30. The van der Waals surface area contributed by atoms with Gasteiger partial charge in [-0.05, 0) is 24.6 Å². The Balaban J connectivity index is 2.70. The molecule has 88 valence electrons. The van der Waals surface area contributed by atoms with Crippen LogP contribution in [0.5, 0.6) is 0 Å². The molecule has 0 bridgehead atoms. The van der Waals surface area contributed by atoms with Gasteiger partial charge in [0.15, 0.2) is 0 Å². The molecule has 4 nitrogen and oxygen atoms in total. The zero-order valence-electron chi connectivity index (χ0n) is 9.78. The number of allylic oxidation sites excluding steroid dienone is 1. The van der Waals surface area contributed by atoms with Crippen molar-refractivity contribution in [2.45, 2.75) is 39.2 Å². The maximum absolute atomic E-state index is 11.0. The standard InChI is InChI=1S/C12H16O4/c1-4-12(16-10(3)14)7-5-11(6-8-12)15-9(2)13/h5-7H,4,8H2,1-3H3. The van der Waals surface area contributed by atoms with Gasteiger partial charge in [-0.25, -0.2) is 0 Å². The summed E-state index contributed by atoms with van der Waals surface area (Å²) in [6, 6.07) is 0. The van der Waals surface area contributed by atoms with Crippen molar-refractivity contribution in [3.63, 3.8) is 0 Å². The minimum atomic E-state index is -0.588. The second-order valence-electron chi connectivity index (χ2n) is 3.75. The summed E-state index contributed by atoms with van der Waals surface area (Å²) in [4.78, 5) is 21.7. The molecule has 0 amide bonds. The van der Waals surface area contributed by atoms with Crippen LogP contribution in [-0.4, -0.2) is 17.5 Å². The first-order valence-electron chi connectivity index (χ1n) is 5.25. The summed E-state index contributed by atoms with van der Waals surface area (Å²) >= 11 is 0. The number of carbonyl (C=O) groups excluding carboxylic acids is 2. The van der Waals surface area contributed by atoms with Gasteiger partial charge in [0.25, 0.3) is 0 Å². The number of carbonyl (C=O) groups is 2. The van der Waals surface area contributed by atoms with Crippen molar-refractivity contribution in [1.29, 1.82) is 0 Å². The van der Waals surface area contributed by atoms with E-state index < -0.39 is 5.60 Å². The van der Waals surface area contributed by atoms with Crippen LogP contribution >= 0.6 is 0 Å². The second kappa shape index (κ2) is 4.96. The SMILES string of the molecule is CCC1(OC(C)=O)C=CC(OC(C)=O)=CC1. The summed E-state index contributed by atoms with van der Waals surface area (Å²) in [5.41, 5.74) is -0.588. The first kappa shape index (κ1) is 12.5. The van der Waals surface area contributed by atoms with Crippen LogP contribution in [0.3, 0.4) is 0 Å². The first-order valence-corrected chi connectivity index (χ1v) is 5.25. The molecule has 0 aromatic heterocycles. The molecule has 0 aliphatic heterocycles. The zero-order valence-corrected chi connectivity index (χ0v) is 9.78. The molecule has 0 saturated heterocycles. The average Bonchev–Trinajstić information content (AvgIpc) is 2.20. The van der Waals surface area contributed by atoms with Gasteiger partial charge in [-0.1, -0.05) is 6.92 Å². The maximum Gasteiger partial charge on any atom is 0.308 e. The van der Waals surface area contributed by atoms with Crippen LogP contribution in [0, 0.1) is 0 Å². The summed E-state index contributed by atoms with van der Waals surface area (Å²) < 4.78 is 10.2. The van der Waals surface area contributed by atoms with Crippen LogP contribution in [0.15, 0.2) is 24.0 Å². The Bertz CT molecular complexity index is 354. The molecule has 0 aromatic carbocycles. The minimum Gasteiger partial charge on any atom is -0.455 e. The highest BCUT2D eigenvalue weighted by Gasteiger charge is 2.30. The molecule has 0 fully saturated rings. The normalized spacial score (nSPS) is 23.6. The minimum absolute atomic E-state index is 0.309. The fourth-order valence-electron chi connectivity index (χ4n) is 1.58. The summed E-state index contributed by atoms with van der Waals surface area (Å²) in [6.07, 6.45) is 6.41. The van der Waals surface area contributed by atoms with Gasteiger partial charge in [-0.3, -0.25) is 9.59 Å². The summed E-state index contributed by atoms with van der Waals surface area (Å²) in [5.74, 6) is -0.160. The van der Waals surface area contributed by atoms with E-state index in [0.29, 0.717) is 18.6 Å². The molecule has 0 aromatic rings. The highest BCUT2D eigenvalue weighted by molar-refractivity contribution is 5.68. The van der Waals surface area contributed by atoms with Crippen LogP contribution in [-0.2, 0) is 19.1 Å². The van der Waals surface area contributed by atoms with E-state index in [-0.39, 0.29) is 11.9 Å². The van der Waals surface area contributed by atoms with Gasteiger partial charge in [0.05, 0.1) is 0 Å². The van der Waals surface area contributed by atoms with E-state index >= 15 is 0 Å². The van der Waals surface area contributed by atoms with E-state index in [9.17, 15) is 9.59 Å². The van der Waals surface area contributed by atoms with E-state index in [2.05, 4.69) is 0 Å². The topological polar surface area (TPSA) is 52.6 Å². The van der Waals surface area contributed by atoms with Gasteiger partial charge in [0.1, 0.15) is 11.4 Å². The van der Waals surface area contributed by atoms with E-state index in [1.807, 2.05) is 6.92 Å². The summed E-state index contributed by atoms with van der Waals surface area (Å²) in [5, 5.41) is 0. The van der Waals surface area contributed by atoms with E-state index in [1.165, 1.54) is 13.8 Å². The van der Waals surface area contributed by atoms with E-state index in [0.717, 1.165) is 0 Å². The van der Waals surface area contributed by atoms with Crippen molar-refractivity contribution in [3.8, 4) is 0 Å². The predicted octanol–water partition coefficient (Wildman–Crippen LogP) is 2.11. The van der Waals surface area contributed by atoms with Crippen molar-refractivity contribution in [1.82, 2.24) is 0 Å². The predicted molar refractivity (Wildman–Crippen MR) is 58.4 cm³/mol. The summed E-state index contributed by atoms with van der Waals surface area (Å²) in [7, 11) is 0. The van der Waals surface area contributed by atoms with Crippen LogP contribution < -0.4 is 0 Å². The van der Waals surface area contributed by atoms with Crippen molar-refractivity contribution < 1.29 is 19.1 Å². The molecule has 4 heteroatoms. The van der Waals surface area contributed by atoms with Crippen LogP contribution in [0.4, 0.5) is 0 Å². The largest absolute Gasteiger partial charge is 0.455 e. The van der Waals surface area contributed by atoms with Crippen molar-refractivity contribution in [3.05, 3.63) is 24.0 Å². The van der Waals surface area contributed by atoms with Gasteiger partial charge >= 0.3 is 11.9 Å². The Kier molecular flexibility index (Phi) is 3.88. The average molecular weight is 224 g/mol. The maximum atomic E-state index is 11.0. The van der Waals surface area contributed by atoms with E-state index in [1.54, 1.807) is 18.2 Å². The molecule has 1 aliphatic carbocycles.